The summed E-state index contributed by atoms with van der Waals surface area (Å²) in [6.45, 7) is 0. The van der Waals surface area contributed by atoms with E-state index < -0.39 is 0 Å². The fourth-order valence-electron chi connectivity index (χ4n) is 1.77. The Morgan fingerprint density at radius 2 is 1.82 bits per heavy atom. The molecule has 1 aliphatic rings. The molecule has 0 heteroatoms. The SMILES string of the molecule is [2H]c1cccc2c1CCCCC2. The van der Waals surface area contributed by atoms with Crippen molar-refractivity contribution in [2.24, 2.45) is 0 Å². The number of aryl methyl sites for hydroxylation is 1. The Kier molecular flexibility index (Phi) is 1.63. The molecule has 0 fully saturated rings. The van der Waals surface area contributed by atoms with Gasteiger partial charge in [0.2, 0.25) is 0 Å². The molecular weight excluding hydrogens is 132 g/mol. The van der Waals surface area contributed by atoms with Crippen LogP contribution in [0.1, 0.15) is 31.8 Å². The van der Waals surface area contributed by atoms with Crippen LogP contribution in [0.2, 0.25) is 0 Å². The molecule has 0 amide bonds. The summed E-state index contributed by atoms with van der Waals surface area (Å²) in [5.74, 6) is 0. The van der Waals surface area contributed by atoms with E-state index in [1.54, 1.807) is 0 Å². The Labute approximate surface area is 69.7 Å². The molecule has 0 heterocycles. The lowest BCUT2D eigenvalue weighted by molar-refractivity contribution is 0.711. The maximum atomic E-state index is 7.75. The first-order valence-electron chi connectivity index (χ1n) is 4.95. The van der Waals surface area contributed by atoms with Crippen molar-refractivity contribution in [2.45, 2.75) is 32.1 Å². The number of hydrogen-bond donors (Lipinski definition) is 0. The van der Waals surface area contributed by atoms with Gasteiger partial charge in [0.1, 0.15) is 0 Å². The quantitative estimate of drug-likeness (QED) is 0.495. The maximum absolute atomic E-state index is 7.75. The van der Waals surface area contributed by atoms with Crippen LogP contribution >= 0.6 is 0 Å². The molecule has 1 aromatic rings. The molecule has 0 nitrogen and oxygen atoms in total. The summed E-state index contributed by atoms with van der Waals surface area (Å²) >= 11 is 0. The van der Waals surface area contributed by atoms with E-state index in [0.717, 1.165) is 12.5 Å². The van der Waals surface area contributed by atoms with E-state index in [0.29, 0.717) is 0 Å². The predicted molar refractivity (Wildman–Crippen MR) is 47.7 cm³/mol. The van der Waals surface area contributed by atoms with Crippen LogP contribution in [0.4, 0.5) is 0 Å². The zero-order valence-corrected chi connectivity index (χ0v) is 6.77. The first-order chi connectivity index (χ1) is 5.88. The van der Waals surface area contributed by atoms with Gasteiger partial charge in [-0.15, -0.1) is 0 Å². The molecular formula is C11H14. The summed E-state index contributed by atoms with van der Waals surface area (Å²) in [5, 5.41) is 0. The molecule has 0 spiro atoms. The van der Waals surface area contributed by atoms with Crippen LogP contribution in [0.15, 0.2) is 24.2 Å². The van der Waals surface area contributed by atoms with E-state index in [9.17, 15) is 0 Å². The molecule has 0 saturated carbocycles. The Bertz CT molecular complexity index is 278. The summed E-state index contributed by atoms with van der Waals surface area (Å²) in [7, 11) is 0. The van der Waals surface area contributed by atoms with Crippen molar-refractivity contribution >= 4 is 0 Å². The lowest BCUT2D eigenvalue weighted by Gasteiger charge is -2.02. The number of fused-ring (bicyclic) bond motifs is 1. The highest BCUT2D eigenvalue weighted by Gasteiger charge is 2.05. The molecule has 0 unspecified atom stereocenters. The third-order valence-corrected chi connectivity index (χ3v) is 2.41. The van der Waals surface area contributed by atoms with Crippen LogP contribution in [0.5, 0.6) is 0 Å². The van der Waals surface area contributed by atoms with Crippen LogP contribution in [0, 0.1) is 0 Å². The molecule has 0 N–H and O–H groups in total. The van der Waals surface area contributed by atoms with Crippen LogP contribution in [-0.2, 0) is 12.8 Å². The predicted octanol–water partition coefficient (Wildman–Crippen LogP) is 2.96. The highest BCUT2D eigenvalue weighted by molar-refractivity contribution is 5.27. The first-order valence-corrected chi connectivity index (χ1v) is 4.45. The summed E-state index contributed by atoms with van der Waals surface area (Å²) in [4.78, 5) is 0. The van der Waals surface area contributed by atoms with Gasteiger partial charge in [0.15, 0.2) is 0 Å². The van der Waals surface area contributed by atoms with Crippen LogP contribution in [0.3, 0.4) is 0 Å². The highest BCUT2D eigenvalue weighted by atomic mass is 14.1. The van der Waals surface area contributed by atoms with Crippen molar-refractivity contribution in [1.29, 1.82) is 0 Å². The summed E-state index contributed by atoms with van der Waals surface area (Å²) in [6, 6.07) is 6.84. The normalized spacial score (nSPS) is 18.4. The van der Waals surface area contributed by atoms with Gasteiger partial charge in [-0.05, 0) is 36.8 Å². The van der Waals surface area contributed by atoms with Gasteiger partial charge in [-0.3, -0.25) is 0 Å². The van der Waals surface area contributed by atoms with Gasteiger partial charge in [-0.1, -0.05) is 30.7 Å². The van der Waals surface area contributed by atoms with Crippen molar-refractivity contribution in [3.8, 4) is 0 Å². The third-order valence-electron chi connectivity index (χ3n) is 2.41. The molecule has 1 aromatic carbocycles. The zero-order valence-electron chi connectivity index (χ0n) is 7.77. The van der Waals surface area contributed by atoms with Crippen LogP contribution in [-0.4, -0.2) is 0 Å². The van der Waals surface area contributed by atoms with Crippen molar-refractivity contribution < 1.29 is 1.37 Å². The first kappa shape index (κ1) is 5.82. The smallest absolute Gasteiger partial charge is 0.0620 e. The summed E-state index contributed by atoms with van der Waals surface area (Å²) in [6.07, 6.45) is 6.20. The van der Waals surface area contributed by atoms with Gasteiger partial charge in [0, 0.05) is 0 Å². The number of rotatable bonds is 0. The third kappa shape index (κ3) is 1.45. The minimum Gasteiger partial charge on any atom is -0.0620 e. The molecule has 0 bridgehead atoms. The average Bonchev–Trinajstić information content (AvgIpc) is 2.30. The Hall–Kier alpha value is -0.780. The number of hydrogen-bond acceptors (Lipinski definition) is 0. The van der Waals surface area contributed by atoms with Gasteiger partial charge < -0.3 is 0 Å². The highest BCUT2D eigenvalue weighted by Crippen LogP contribution is 2.19. The minimum atomic E-state index is 0.745. The van der Waals surface area contributed by atoms with Crippen molar-refractivity contribution in [1.82, 2.24) is 0 Å². The van der Waals surface area contributed by atoms with Gasteiger partial charge in [0.25, 0.3) is 0 Å². The Morgan fingerprint density at radius 3 is 2.73 bits per heavy atom. The monoisotopic (exact) mass is 147 g/mol. The molecule has 0 saturated heterocycles. The molecule has 58 valence electrons. The van der Waals surface area contributed by atoms with E-state index >= 15 is 0 Å². The van der Waals surface area contributed by atoms with Crippen LogP contribution in [0.25, 0.3) is 0 Å². The van der Waals surface area contributed by atoms with E-state index in [1.807, 2.05) is 12.1 Å². The molecule has 0 radical (unpaired) electrons. The topological polar surface area (TPSA) is 0 Å². The summed E-state index contributed by atoms with van der Waals surface area (Å²) in [5.41, 5.74) is 2.72. The molecule has 11 heavy (non-hydrogen) atoms. The van der Waals surface area contributed by atoms with Gasteiger partial charge in [-0.2, -0.15) is 0 Å². The molecule has 0 aromatic heterocycles. The van der Waals surface area contributed by atoms with E-state index in [4.69, 9.17) is 1.37 Å². The van der Waals surface area contributed by atoms with Crippen molar-refractivity contribution in [3.63, 3.8) is 0 Å². The average molecular weight is 147 g/mol. The Morgan fingerprint density at radius 1 is 1.00 bits per heavy atom. The lowest BCUT2D eigenvalue weighted by atomic mass is 10.0. The molecule has 0 atom stereocenters. The zero-order chi connectivity index (χ0) is 8.39. The van der Waals surface area contributed by atoms with E-state index in [-0.39, 0.29) is 0 Å². The second-order valence-corrected chi connectivity index (χ2v) is 3.23. The maximum Gasteiger partial charge on any atom is 0.0626 e. The van der Waals surface area contributed by atoms with E-state index in [1.165, 1.54) is 36.8 Å². The fraction of sp³-hybridized carbons (Fsp3) is 0.455. The standard InChI is InChI=1S/C11H14/c1-2-6-10-8-4-5-9-11(10)7-3-1/h4-5,8-9H,1-3,6-7H2/i8D. The lowest BCUT2D eigenvalue weighted by Crippen LogP contribution is -1.88. The fourth-order valence-corrected chi connectivity index (χ4v) is 1.77. The van der Waals surface area contributed by atoms with Gasteiger partial charge >= 0.3 is 0 Å². The van der Waals surface area contributed by atoms with E-state index in [2.05, 4.69) is 6.07 Å². The van der Waals surface area contributed by atoms with Gasteiger partial charge in [0.05, 0.1) is 1.37 Å². The largest absolute Gasteiger partial charge is 0.0626 e. The second kappa shape index (κ2) is 3.08. The molecule has 0 aliphatic heterocycles. The van der Waals surface area contributed by atoms with Gasteiger partial charge in [-0.25, -0.2) is 0 Å². The molecule has 1 aliphatic carbocycles. The molecule has 2 rings (SSSR count). The van der Waals surface area contributed by atoms with Crippen LogP contribution < -0.4 is 0 Å². The number of benzene rings is 1. The van der Waals surface area contributed by atoms with Crippen molar-refractivity contribution in [3.05, 3.63) is 35.4 Å². The second-order valence-electron chi connectivity index (χ2n) is 3.23. The minimum absolute atomic E-state index is 0.745. The van der Waals surface area contributed by atoms with Crippen molar-refractivity contribution in [2.75, 3.05) is 0 Å². The summed E-state index contributed by atoms with van der Waals surface area (Å²) < 4.78 is 7.75. The Balaban J connectivity index is 2.42.